The molecule has 122 valence electrons. The molecule has 0 radical (unpaired) electrons. The van der Waals surface area contributed by atoms with Crippen LogP contribution in [0.2, 0.25) is 0 Å². The van der Waals surface area contributed by atoms with E-state index in [2.05, 4.69) is 4.72 Å². The lowest BCUT2D eigenvalue weighted by Gasteiger charge is -2.33. The van der Waals surface area contributed by atoms with Gasteiger partial charge in [-0.1, -0.05) is 38.5 Å². The van der Waals surface area contributed by atoms with Gasteiger partial charge < -0.3 is 0 Å². The van der Waals surface area contributed by atoms with Gasteiger partial charge in [0.2, 0.25) is 10.0 Å². The molecule has 0 aliphatic heterocycles. The molecule has 4 atom stereocenters. The molecule has 2 aliphatic carbocycles. The summed E-state index contributed by atoms with van der Waals surface area (Å²) in [5, 5.41) is 0. The van der Waals surface area contributed by atoms with Gasteiger partial charge in [0.05, 0.1) is 10.4 Å². The van der Waals surface area contributed by atoms with Crippen LogP contribution in [0.4, 0.5) is 4.39 Å². The molecule has 0 bridgehead atoms. The first kappa shape index (κ1) is 15.9. The number of hydrogen-bond donors (Lipinski definition) is 1. The van der Waals surface area contributed by atoms with Gasteiger partial charge in [-0.2, -0.15) is 0 Å². The number of halogens is 1. The molecule has 0 amide bonds. The maximum atomic E-state index is 14.9. The summed E-state index contributed by atoms with van der Waals surface area (Å²) in [7, 11) is -3.71. The summed E-state index contributed by atoms with van der Waals surface area (Å²) in [4.78, 5) is 0.208. The molecule has 4 unspecified atom stereocenters. The molecule has 1 aromatic carbocycles. The molecular formula is C17H24FNO2S. The molecule has 2 fully saturated rings. The Labute approximate surface area is 132 Å². The predicted octanol–water partition coefficient (Wildman–Crippen LogP) is 3.44. The summed E-state index contributed by atoms with van der Waals surface area (Å²) in [6.07, 6.45) is 0.565. The van der Waals surface area contributed by atoms with Gasteiger partial charge in [-0.05, 0) is 49.1 Å². The quantitative estimate of drug-likeness (QED) is 0.925. The standard InChI is InChI=1S/C17H24FNO2S/c1-11-5-8-13(9-6-11)22(20,21)19-17-14(16(17,3)4)10-7-12(2)15(17)18/h5-6,8-9,12,14-15,19H,7,10H2,1-4H3. The lowest BCUT2D eigenvalue weighted by Crippen LogP contribution is -2.51. The van der Waals surface area contributed by atoms with Gasteiger partial charge in [0.15, 0.2) is 0 Å². The molecule has 0 heterocycles. The van der Waals surface area contributed by atoms with Crippen molar-refractivity contribution in [2.75, 3.05) is 0 Å². The van der Waals surface area contributed by atoms with Gasteiger partial charge in [-0.25, -0.2) is 17.5 Å². The van der Waals surface area contributed by atoms with Crippen molar-refractivity contribution in [1.29, 1.82) is 0 Å². The van der Waals surface area contributed by atoms with Crippen molar-refractivity contribution >= 4 is 10.0 Å². The van der Waals surface area contributed by atoms with Crippen molar-refractivity contribution in [1.82, 2.24) is 4.72 Å². The molecule has 22 heavy (non-hydrogen) atoms. The van der Waals surface area contributed by atoms with Gasteiger partial charge in [-0.15, -0.1) is 0 Å². The SMILES string of the molecule is Cc1ccc(S(=O)(=O)NC23C(F)C(C)CCC2C3(C)C)cc1. The van der Waals surface area contributed by atoms with Crippen molar-refractivity contribution < 1.29 is 12.8 Å². The molecule has 1 N–H and O–H groups in total. The van der Waals surface area contributed by atoms with Crippen LogP contribution in [-0.2, 0) is 10.0 Å². The van der Waals surface area contributed by atoms with E-state index < -0.39 is 21.7 Å². The molecule has 1 aromatic rings. The fourth-order valence-electron chi connectivity index (χ4n) is 4.32. The first-order chi connectivity index (χ1) is 10.1. The van der Waals surface area contributed by atoms with Crippen molar-refractivity contribution in [2.45, 2.75) is 57.1 Å². The number of rotatable bonds is 3. The molecule has 0 spiro atoms. The summed E-state index contributed by atoms with van der Waals surface area (Å²) < 4.78 is 43.1. The van der Waals surface area contributed by atoms with Crippen LogP contribution in [-0.4, -0.2) is 20.1 Å². The Morgan fingerprint density at radius 1 is 1.18 bits per heavy atom. The molecule has 0 aromatic heterocycles. The Kier molecular flexibility index (Phi) is 3.46. The molecule has 3 rings (SSSR count). The van der Waals surface area contributed by atoms with E-state index in [-0.39, 0.29) is 22.1 Å². The third kappa shape index (κ3) is 2.05. The number of benzene rings is 1. The topological polar surface area (TPSA) is 46.2 Å². The van der Waals surface area contributed by atoms with Crippen LogP contribution in [0.5, 0.6) is 0 Å². The maximum Gasteiger partial charge on any atom is 0.241 e. The summed E-state index contributed by atoms with van der Waals surface area (Å²) in [6, 6.07) is 6.69. The third-order valence-electron chi connectivity index (χ3n) is 5.88. The Morgan fingerprint density at radius 2 is 1.77 bits per heavy atom. The third-order valence-corrected chi connectivity index (χ3v) is 7.38. The van der Waals surface area contributed by atoms with Gasteiger partial charge in [0.25, 0.3) is 0 Å². The van der Waals surface area contributed by atoms with E-state index in [4.69, 9.17) is 0 Å². The number of hydrogen-bond acceptors (Lipinski definition) is 2. The van der Waals surface area contributed by atoms with Crippen LogP contribution >= 0.6 is 0 Å². The lowest BCUT2D eigenvalue weighted by atomic mass is 9.85. The van der Waals surface area contributed by atoms with Gasteiger partial charge in [-0.3, -0.25) is 0 Å². The van der Waals surface area contributed by atoms with Crippen LogP contribution in [0.25, 0.3) is 0 Å². The number of fused-ring (bicyclic) bond motifs is 1. The smallest absolute Gasteiger partial charge is 0.241 e. The van der Waals surface area contributed by atoms with E-state index in [0.717, 1.165) is 18.4 Å². The van der Waals surface area contributed by atoms with Crippen LogP contribution < -0.4 is 4.72 Å². The van der Waals surface area contributed by atoms with E-state index in [1.165, 1.54) is 0 Å². The van der Waals surface area contributed by atoms with Gasteiger partial charge >= 0.3 is 0 Å². The Balaban J connectivity index is 1.95. The highest BCUT2D eigenvalue weighted by molar-refractivity contribution is 7.89. The first-order valence-corrected chi connectivity index (χ1v) is 9.36. The Morgan fingerprint density at radius 3 is 2.36 bits per heavy atom. The van der Waals surface area contributed by atoms with Gasteiger partial charge in [0.1, 0.15) is 6.17 Å². The zero-order valence-corrected chi connectivity index (χ0v) is 14.4. The number of aryl methyl sites for hydroxylation is 1. The fourth-order valence-corrected chi connectivity index (χ4v) is 5.90. The van der Waals surface area contributed by atoms with Crippen molar-refractivity contribution in [2.24, 2.45) is 17.3 Å². The zero-order valence-electron chi connectivity index (χ0n) is 13.6. The minimum atomic E-state index is -3.71. The number of sulfonamides is 1. The molecule has 2 aliphatic rings. The molecule has 5 heteroatoms. The van der Waals surface area contributed by atoms with Gasteiger partial charge in [0, 0.05) is 0 Å². The van der Waals surface area contributed by atoms with Crippen LogP contribution in [0, 0.1) is 24.2 Å². The molecule has 3 nitrogen and oxygen atoms in total. The van der Waals surface area contributed by atoms with Crippen LogP contribution in [0.1, 0.15) is 39.2 Å². The fraction of sp³-hybridized carbons (Fsp3) is 0.647. The lowest BCUT2D eigenvalue weighted by molar-refractivity contribution is 0.125. The summed E-state index contributed by atoms with van der Waals surface area (Å²) in [6.45, 7) is 7.72. The van der Waals surface area contributed by atoms with E-state index >= 15 is 0 Å². The minimum absolute atomic E-state index is 0.0754. The second-order valence-electron chi connectivity index (χ2n) is 7.52. The van der Waals surface area contributed by atoms with E-state index in [1.54, 1.807) is 24.3 Å². The van der Waals surface area contributed by atoms with Crippen LogP contribution in [0.15, 0.2) is 29.2 Å². The largest absolute Gasteiger partial charge is 0.245 e. The normalized spacial score (nSPS) is 36.7. The van der Waals surface area contributed by atoms with Crippen molar-refractivity contribution in [3.05, 3.63) is 29.8 Å². The Hall–Kier alpha value is -0.940. The van der Waals surface area contributed by atoms with Crippen molar-refractivity contribution in [3.8, 4) is 0 Å². The number of alkyl halides is 1. The summed E-state index contributed by atoms with van der Waals surface area (Å²) in [5.74, 6) is -0.0369. The second kappa shape index (κ2) is 4.78. The highest BCUT2D eigenvalue weighted by Gasteiger charge is 2.77. The maximum absolute atomic E-state index is 14.9. The van der Waals surface area contributed by atoms with E-state index in [9.17, 15) is 12.8 Å². The monoisotopic (exact) mass is 325 g/mol. The van der Waals surface area contributed by atoms with E-state index in [0.29, 0.717) is 0 Å². The Bertz CT molecular complexity index is 683. The van der Waals surface area contributed by atoms with E-state index in [1.807, 2.05) is 27.7 Å². The average Bonchev–Trinajstić information content (AvgIpc) is 2.91. The molecule has 2 saturated carbocycles. The molecule has 0 saturated heterocycles. The number of nitrogens with one attached hydrogen (secondary N) is 1. The second-order valence-corrected chi connectivity index (χ2v) is 9.20. The highest BCUT2D eigenvalue weighted by Crippen LogP contribution is 2.69. The zero-order chi connectivity index (χ0) is 16.3. The van der Waals surface area contributed by atoms with Crippen molar-refractivity contribution in [3.63, 3.8) is 0 Å². The molecular weight excluding hydrogens is 301 g/mol. The predicted molar refractivity (Wildman–Crippen MR) is 84.8 cm³/mol. The first-order valence-electron chi connectivity index (χ1n) is 7.87. The highest BCUT2D eigenvalue weighted by atomic mass is 32.2. The summed E-state index contributed by atoms with van der Waals surface area (Å²) in [5.41, 5.74) is -0.292. The summed E-state index contributed by atoms with van der Waals surface area (Å²) >= 11 is 0. The van der Waals surface area contributed by atoms with Crippen LogP contribution in [0.3, 0.4) is 0 Å². The minimum Gasteiger partial charge on any atom is -0.245 e. The average molecular weight is 325 g/mol.